The summed E-state index contributed by atoms with van der Waals surface area (Å²) in [7, 11) is 0. The van der Waals surface area contributed by atoms with Crippen LogP contribution in [0.2, 0.25) is 0 Å². The van der Waals surface area contributed by atoms with Crippen molar-refractivity contribution in [2.45, 2.75) is 32.1 Å². The van der Waals surface area contributed by atoms with Gasteiger partial charge in [-0.2, -0.15) is 0 Å². The summed E-state index contributed by atoms with van der Waals surface area (Å²) in [5.41, 5.74) is 0.525. The van der Waals surface area contributed by atoms with Crippen LogP contribution in [-0.2, 0) is 19.1 Å². The topological polar surface area (TPSA) is 80.8 Å². The second-order valence-corrected chi connectivity index (χ2v) is 9.24. The quantitative estimate of drug-likeness (QED) is 0.201. The number of carbonyl (C=O) groups is 4. The zero-order valence-corrected chi connectivity index (χ0v) is 17.4. The molecular weight excluding hydrogens is 394 g/mol. The van der Waals surface area contributed by atoms with Crippen molar-refractivity contribution in [3.05, 3.63) is 48.0 Å². The first-order chi connectivity index (χ1) is 15.1. The number of hydrogen-bond donors (Lipinski definition) is 0. The maximum atomic E-state index is 12.9. The van der Waals surface area contributed by atoms with Crippen LogP contribution in [0.3, 0.4) is 0 Å². The van der Waals surface area contributed by atoms with Gasteiger partial charge in [-0.05, 0) is 42.9 Å². The van der Waals surface area contributed by atoms with Gasteiger partial charge in [0.1, 0.15) is 0 Å². The van der Waals surface area contributed by atoms with Gasteiger partial charge in [-0.25, -0.2) is 0 Å². The summed E-state index contributed by atoms with van der Waals surface area (Å²) < 4.78 is 5.07. The van der Waals surface area contributed by atoms with Crippen LogP contribution in [0, 0.1) is 35.5 Å². The Kier molecular flexibility index (Phi) is 5.24. The molecule has 1 saturated heterocycles. The van der Waals surface area contributed by atoms with Crippen LogP contribution < -0.4 is 0 Å². The molecule has 31 heavy (non-hydrogen) atoms. The largest absolute Gasteiger partial charge is 0.457 e. The molecule has 6 rings (SSSR count). The van der Waals surface area contributed by atoms with Crippen molar-refractivity contribution in [1.82, 2.24) is 4.90 Å². The Bertz CT molecular complexity index is 902. The maximum Gasteiger partial charge on any atom is 0.306 e. The van der Waals surface area contributed by atoms with Crippen LogP contribution >= 0.6 is 0 Å². The standard InChI is InChI=1S/C25H27NO5/c27-20(15-7-3-1-4-8-15)14-31-21(28)9-5-2-6-12-26-24(29)22-16-10-11-17(19-13-18(16)19)23(22)25(26)30/h1,3-4,7-8,10-11,16-19,22-23H,2,5-6,9,12-14H2. The molecule has 5 aliphatic rings. The number of amides is 2. The van der Waals surface area contributed by atoms with Crippen LogP contribution in [0.5, 0.6) is 0 Å². The predicted octanol–water partition coefficient (Wildman–Crippen LogP) is 3.03. The normalized spacial score (nSPS) is 32.1. The summed E-state index contributed by atoms with van der Waals surface area (Å²) in [6, 6.07) is 8.74. The lowest BCUT2D eigenvalue weighted by molar-refractivity contribution is -0.143. The Morgan fingerprint density at radius 1 is 0.903 bits per heavy atom. The third-order valence-corrected chi connectivity index (χ3v) is 7.48. The molecule has 2 bridgehead atoms. The van der Waals surface area contributed by atoms with E-state index in [0.717, 1.165) is 6.42 Å². The van der Waals surface area contributed by atoms with E-state index in [2.05, 4.69) is 12.2 Å². The first kappa shape index (κ1) is 20.2. The molecule has 0 spiro atoms. The molecular formula is C25H27NO5. The lowest BCUT2D eigenvalue weighted by Gasteiger charge is -2.37. The van der Waals surface area contributed by atoms with Crippen LogP contribution in [0.15, 0.2) is 42.5 Å². The lowest BCUT2D eigenvalue weighted by Crippen LogP contribution is -2.40. The molecule has 3 fully saturated rings. The Labute approximate surface area is 181 Å². The van der Waals surface area contributed by atoms with E-state index in [1.165, 1.54) is 11.3 Å². The number of benzene rings is 1. The Balaban J connectivity index is 1.02. The van der Waals surface area contributed by atoms with Gasteiger partial charge >= 0.3 is 5.97 Å². The van der Waals surface area contributed by atoms with Gasteiger partial charge < -0.3 is 4.74 Å². The van der Waals surface area contributed by atoms with E-state index in [1.807, 2.05) is 6.07 Å². The molecule has 4 aliphatic carbocycles. The minimum Gasteiger partial charge on any atom is -0.457 e. The number of rotatable bonds is 9. The molecule has 1 heterocycles. The number of hydrogen-bond acceptors (Lipinski definition) is 5. The van der Waals surface area contributed by atoms with Crippen LogP contribution in [0.1, 0.15) is 42.5 Å². The number of Topliss-reactive ketones (excluding diaryl/α,β-unsaturated/α-hetero) is 1. The number of ketones is 1. The SMILES string of the molecule is O=C(CCCCCN1C(=O)C2C3C=CC(C4CC34)C2C1=O)OCC(=O)c1ccccc1. The summed E-state index contributed by atoms with van der Waals surface area (Å²) in [6.07, 6.45) is 7.78. The number of likely N-dealkylation sites (tertiary alicyclic amines) is 1. The van der Waals surface area contributed by atoms with Crippen molar-refractivity contribution in [2.75, 3.05) is 13.2 Å². The van der Waals surface area contributed by atoms with Crippen molar-refractivity contribution in [1.29, 1.82) is 0 Å². The highest BCUT2D eigenvalue weighted by Gasteiger charge is 2.66. The number of ether oxygens (including phenoxy) is 1. The minimum atomic E-state index is -0.398. The predicted molar refractivity (Wildman–Crippen MR) is 112 cm³/mol. The van der Waals surface area contributed by atoms with Crippen molar-refractivity contribution in [3.63, 3.8) is 0 Å². The van der Waals surface area contributed by atoms with E-state index in [4.69, 9.17) is 4.74 Å². The number of unbranched alkanes of at least 4 members (excludes halogenated alkanes) is 2. The highest BCUT2D eigenvalue weighted by molar-refractivity contribution is 6.06. The van der Waals surface area contributed by atoms with E-state index in [0.29, 0.717) is 36.8 Å². The first-order valence-electron chi connectivity index (χ1n) is 11.3. The fourth-order valence-corrected chi connectivity index (χ4v) is 5.88. The van der Waals surface area contributed by atoms with Crippen LogP contribution in [0.25, 0.3) is 0 Å². The van der Waals surface area contributed by atoms with Gasteiger partial charge in [0.15, 0.2) is 12.4 Å². The molecule has 6 nitrogen and oxygen atoms in total. The average Bonchev–Trinajstić information content (AvgIpc) is 3.58. The number of imide groups is 1. The minimum absolute atomic E-state index is 0.0125. The molecule has 162 valence electrons. The number of nitrogens with zero attached hydrogens (tertiary/aromatic N) is 1. The van der Waals surface area contributed by atoms with Gasteiger partial charge in [-0.1, -0.05) is 48.9 Å². The highest BCUT2D eigenvalue weighted by Crippen LogP contribution is 2.65. The number of carbonyl (C=O) groups excluding carboxylic acids is 4. The van der Waals surface area contributed by atoms with Crippen molar-refractivity contribution >= 4 is 23.6 Å². The molecule has 1 aromatic carbocycles. The van der Waals surface area contributed by atoms with E-state index in [9.17, 15) is 19.2 Å². The second-order valence-electron chi connectivity index (χ2n) is 9.24. The second kappa shape index (κ2) is 8.06. The van der Waals surface area contributed by atoms with E-state index >= 15 is 0 Å². The molecule has 0 aromatic heterocycles. The zero-order chi connectivity index (χ0) is 21.5. The van der Waals surface area contributed by atoms with Gasteiger partial charge in [0, 0.05) is 18.5 Å². The van der Waals surface area contributed by atoms with Crippen molar-refractivity contribution < 1.29 is 23.9 Å². The fourth-order valence-electron chi connectivity index (χ4n) is 5.88. The monoisotopic (exact) mass is 421 g/mol. The van der Waals surface area contributed by atoms with Gasteiger partial charge in [-0.3, -0.25) is 24.1 Å². The summed E-state index contributed by atoms with van der Waals surface area (Å²) in [6.45, 7) is 0.182. The number of allylic oxidation sites excluding steroid dienone is 2. The molecule has 0 radical (unpaired) electrons. The molecule has 6 unspecified atom stereocenters. The summed E-state index contributed by atoms with van der Waals surface area (Å²) in [5.74, 6) is 0.891. The molecule has 1 aromatic rings. The van der Waals surface area contributed by atoms with Gasteiger partial charge in [0.05, 0.1) is 11.8 Å². The van der Waals surface area contributed by atoms with Gasteiger partial charge in [-0.15, -0.1) is 0 Å². The third-order valence-electron chi connectivity index (χ3n) is 7.48. The van der Waals surface area contributed by atoms with Gasteiger partial charge in [0.2, 0.25) is 11.8 Å². The average molecular weight is 421 g/mol. The lowest BCUT2D eigenvalue weighted by atomic mass is 9.63. The molecule has 6 atom stereocenters. The van der Waals surface area contributed by atoms with Crippen molar-refractivity contribution in [2.24, 2.45) is 35.5 Å². The fraction of sp³-hybridized carbons (Fsp3) is 0.520. The third kappa shape index (κ3) is 3.62. The summed E-state index contributed by atoms with van der Waals surface area (Å²) in [4.78, 5) is 51.1. The number of esters is 1. The van der Waals surface area contributed by atoms with Gasteiger partial charge in [0.25, 0.3) is 0 Å². The molecule has 1 aliphatic heterocycles. The van der Waals surface area contributed by atoms with E-state index < -0.39 is 5.97 Å². The zero-order valence-electron chi connectivity index (χ0n) is 17.4. The summed E-state index contributed by atoms with van der Waals surface area (Å²) in [5, 5.41) is 0. The highest BCUT2D eigenvalue weighted by atomic mass is 16.5. The van der Waals surface area contributed by atoms with E-state index in [-0.39, 0.29) is 54.3 Å². The van der Waals surface area contributed by atoms with Crippen LogP contribution in [-0.4, -0.2) is 41.6 Å². The first-order valence-corrected chi connectivity index (χ1v) is 11.3. The maximum absolute atomic E-state index is 12.9. The molecule has 2 saturated carbocycles. The molecule has 0 N–H and O–H groups in total. The molecule has 2 amide bonds. The Hall–Kier alpha value is -2.76. The smallest absolute Gasteiger partial charge is 0.306 e. The van der Waals surface area contributed by atoms with Crippen LogP contribution in [0.4, 0.5) is 0 Å². The molecule has 6 heteroatoms. The van der Waals surface area contributed by atoms with E-state index in [1.54, 1.807) is 24.3 Å². The Morgan fingerprint density at radius 2 is 1.55 bits per heavy atom. The Morgan fingerprint density at radius 3 is 2.19 bits per heavy atom. The van der Waals surface area contributed by atoms with Crippen molar-refractivity contribution in [3.8, 4) is 0 Å². The summed E-state index contributed by atoms with van der Waals surface area (Å²) >= 11 is 0.